The Morgan fingerprint density at radius 2 is 1.04 bits per heavy atom. The lowest BCUT2D eigenvalue weighted by molar-refractivity contribution is -0.134. The molecule has 45 heavy (non-hydrogen) atoms. The van der Waals surface area contributed by atoms with Gasteiger partial charge in [-0.2, -0.15) is 0 Å². The summed E-state index contributed by atoms with van der Waals surface area (Å²) < 4.78 is 0. The maximum absolute atomic E-state index is 11.6. The molecule has 0 atom stereocenters. The fraction of sp³-hybridized carbons (Fsp3) is 0.139. The van der Waals surface area contributed by atoms with E-state index in [2.05, 4.69) is 71.1 Å². The zero-order chi connectivity index (χ0) is 32.0. The molecule has 230 valence electrons. The van der Waals surface area contributed by atoms with Crippen molar-refractivity contribution in [3.05, 3.63) is 138 Å². The number of carboxylic acid groups (broad SMARTS) is 2. The molecule has 0 spiro atoms. The number of likely N-dealkylation sites (tertiary alicyclic amines) is 1. The number of rotatable bonds is 4. The van der Waals surface area contributed by atoms with Gasteiger partial charge in [-0.25, -0.2) is 14.4 Å². The number of para-hydroxylation sites is 2. The maximum atomic E-state index is 11.6. The molecule has 0 radical (unpaired) electrons. The number of anilines is 2. The van der Waals surface area contributed by atoms with Gasteiger partial charge in [0.1, 0.15) is 0 Å². The number of benzene rings is 4. The van der Waals surface area contributed by atoms with Crippen molar-refractivity contribution in [2.75, 3.05) is 30.8 Å². The van der Waals surface area contributed by atoms with Crippen LogP contribution in [0.1, 0.15) is 24.0 Å². The average Bonchev–Trinajstić information content (AvgIpc) is 3.05. The Kier molecular flexibility index (Phi) is 12.1. The second-order valence-electron chi connectivity index (χ2n) is 10.2. The van der Waals surface area contributed by atoms with E-state index in [-0.39, 0.29) is 6.03 Å². The van der Waals surface area contributed by atoms with Crippen molar-refractivity contribution >= 4 is 46.7 Å². The highest BCUT2D eigenvalue weighted by atomic mass is 32.2. The number of hydrogen-bond acceptors (Lipinski definition) is 5. The summed E-state index contributed by atoms with van der Waals surface area (Å²) in [4.78, 5) is 35.9. The lowest BCUT2D eigenvalue weighted by Gasteiger charge is -2.30. The van der Waals surface area contributed by atoms with Crippen molar-refractivity contribution < 1.29 is 24.6 Å². The van der Waals surface area contributed by atoms with Crippen LogP contribution in [0.5, 0.6) is 0 Å². The fourth-order valence-corrected chi connectivity index (χ4v) is 5.88. The molecule has 2 heterocycles. The minimum absolute atomic E-state index is 0.239. The molecule has 4 aromatic carbocycles. The van der Waals surface area contributed by atoms with Gasteiger partial charge in [0.25, 0.3) is 0 Å². The predicted octanol–water partition coefficient (Wildman–Crippen LogP) is 7.72. The molecule has 2 aliphatic heterocycles. The van der Waals surface area contributed by atoms with Crippen molar-refractivity contribution in [2.45, 2.75) is 22.6 Å². The van der Waals surface area contributed by atoms with E-state index >= 15 is 0 Å². The highest BCUT2D eigenvalue weighted by Crippen LogP contribution is 2.47. The molecule has 0 aromatic heterocycles. The molecule has 0 unspecified atom stereocenters. The van der Waals surface area contributed by atoms with Gasteiger partial charge in [0.2, 0.25) is 0 Å². The second kappa shape index (κ2) is 16.7. The van der Waals surface area contributed by atoms with Crippen molar-refractivity contribution in [3.8, 4) is 0 Å². The normalized spacial score (nSPS) is 13.6. The Hall–Kier alpha value is -5.12. The van der Waals surface area contributed by atoms with Crippen molar-refractivity contribution in [1.82, 2.24) is 4.90 Å². The van der Waals surface area contributed by atoms with Crippen LogP contribution >= 0.6 is 11.8 Å². The predicted molar refractivity (Wildman–Crippen MR) is 180 cm³/mol. The van der Waals surface area contributed by atoms with E-state index in [4.69, 9.17) is 10.2 Å². The first-order valence-electron chi connectivity index (χ1n) is 14.4. The van der Waals surface area contributed by atoms with Gasteiger partial charge in [-0.1, -0.05) is 90.1 Å². The molecule has 1 saturated heterocycles. The zero-order valence-corrected chi connectivity index (χ0v) is 25.7. The monoisotopic (exact) mass is 621 g/mol. The maximum Gasteiger partial charge on any atom is 0.328 e. The smallest absolute Gasteiger partial charge is 0.328 e. The largest absolute Gasteiger partial charge is 0.478 e. The van der Waals surface area contributed by atoms with Crippen molar-refractivity contribution in [1.29, 1.82) is 0 Å². The number of carbonyl (C=O) groups is 3. The molecule has 6 rings (SSSR count). The van der Waals surface area contributed by atoms with Gasteiger partial charge in [0.05, 0.1) is 0 Å². The van der Waals surface area contributed by atoms with Gasteiger partial charge in [-0.05, 0) is 73.0 Å². The Bertz CT molecular complexity index is 1560. The quantitative estimate of drug-likeness (QED) is 0.152. The van der Waals surface area contributed by atoms with Crippen LogP contribution in [-0.2, 0) is 9.59 Å². The van der Waals surface area contributed by atoms with Gasteiger partial charge >= 0.3 is 18.0 Å². The van der Waals surface area contributed by atoms with E-state index in [1.54, 1.807) is 5.57 Å². The number of carboxylic acids is 2. The number of hydrogen-bond donors (Lipinski definition) is 4. The summed E-state index contributed by atoms with van der Waals surface area (Å²) in [5.74, 6) is -2.51. The summed E-state index contributed by atoms with van der Waals surface area (Å²) in [6, 6.07) is 36.1. The van der Waals surface area contributed by atoms with Crippen LogP contribution in [0, 0.1) is 0 Å². The topological polar surface area (TPSA) is 119 Å². The van der Waals surface area contributed by atoms with Gasteiger partial charge in [-0.3, -0.25) is 0 Å². The number of fused-ring (bicyclic) bond motifs is 2. The minimum Gasteiger partial charge on any atom is -0.478 e. The molecular formula is C36H35N3O5S. The number of urea groups is 1. The number of nitrogens with zero attached hydrogens (tertiary/aromatic N) is 1. The highest BCUT2D eigenvalue weighted by molar-refractivity contribution is 7.99. The molecule has 2 aliphatic rings. The van der Waals surface area contributed by atoms with Crippen LogP contribution in [0.4, 0.5) is 16.2 Å². The third-order valence-electron chi connectivity index (χ3n) is 6.91. The molecule has 4 aromatic rings. The molecule has 0 bridgehead atoms. The fourth-order valence-electron chi connectivity index (χ4n) is 4.79. The first-order chi connectivity index (χ1) is 21.8. The summed E-state index contributed by atoms with van der Waals surface area (Å²) in [5.41, 5.74) is 7.55. The minimum atomic E-state index is -1.26. The van der Waals surface area contributed by atoms with E-state index < -0.39 is 11.9 Å². The lowest BCUT2D eigenvalue weighted by Crippen LogP contribution is -2.27. The van der Waals surface area contributed by atoms with Gasteiger partial charge < -0.3 is 25.7 Å². The molecule has 2 amide bonds. The van der Waals surface area contributed by atoms with Crippen LogP contribution in [0.3, 0.4) is 0 Å². The summed E-state index contributed by atoms with van der Waals surface area (Å²) in [6.45, 7) is 2.35. The van der Waals surface area contributed by atoms with Crippen molar-refractivity contribution in [3.63, 3.8) is 0 Å². The summed E-state index contributed by atoms with van der Waals surface area (Å²) in [6.07, 6.45) is 3.50. The van der Waals surface area contributed by atoms with E-state index in [1.807, 2.05) is 72.4 Å². The van der Waals surface area contributed by atoms with E-state index in [0.717, 1.165) is 11.4 Å². The summed E-state index contributed by atoms with van der Waals surface area (Å²) >= 11 is 1.91. The lowest BCUT2D eigenvalue weighted by atomic mass is 9.88. The summed E-state index contributed by atoms with van der Waals surface area (Å²) in [5, 5.41) is 21.1. The first kappa shape index (κ1) is 32.8. The standard InChI is InChI=1S/C19H19NS.C13H12N2O.C4H4O4/c1-20-12-10-14(11-13-20)19-15-6-2-4-8-17(15)21-18-9-5-3-7-16(18)19;16-13(14-11-7-3-1-4-8-11)15-12-9-5-2-6-10-12;5-3(6)1-2-4(7)8/h2-9H,10-13H2,1H3;1-10H,(H2,14,15,16);1-2H,(H,5,6)(H,7,8). The average molecular weight is 622 g/mol. The Morgan fingerprint density at radius 1 is 0.644 bits per heavy atom. The number of aliphatic carboxylic acids is 2. The molecule has 0 saturated carbocycles. The Balaban J connectivity index is 0.000000170. The van der Waals surface area contributed by atoms with Gasteiger partial charge in [0, 0.05) is 46.4 Å². The molecule has 8 nitrogen and oxygen atoms in total. The number of piperidine rings is 1. The Labute approximate surface area is 267 Å². The van der Waals surface area contributed by atoms with Crippen LogP contribution in [0.15, 0.2) is 137 Å². The van der Waals surface area contributed by atoms with Crippen LogP contribution in [0.25, 0.3) is 5.57 Å². The van der Waals surface area contributed by atoms with Gasteiger partial charge in [-0.15, -0.1) is 0 Å². The number of carbonyl (C=O) groups excluding carboxylic acids is 1. The molecule has 1 fully saturated rings. The van der Waals surface area contributed by atoms with Crippen molar-refractivity contribution in [2.24, 2.45) is 0 Å². The third-order valence-corrected chi connectivity index (χ3v) is 8.06. The first-order valence-corrected chi connectivity index (χ1v) is 15.2. The van der Waals surface area contributed by atoms with Crippen LogP contribution < -0.4 is 10.6 Å². The van der Waals surface area contributed by atoms with Crippen LogP contribution in [0.2, 0.25) is 0 Å². The highest BCUT2D eigenvalue weighted by Gasteiger charge is 2.24. The third kappa shape index (κ3) is 10.2. The molecule has 4 N–H and O–H groups in total. The zero-order valence-electron chi connectivity index (χ0n) is 24.9. The number of amides is 2. The SMILES string of the molecule is CN1CCC(=C2c3ccccc3Sc3ccccc32)CC1.O=C(Nc1ccccc1)Nc1ccccc1.O=C(O)C=CC(=O)O. The molecular weight excluding hydrogens is 586 g/mol. The molecule has 0 aliphatic carbocycles. The molecule has 9 heteroatoms. The Morgan fingerprint density at radius 3 is 1.47 bits per heavy atom. The number of nitrogens with one attached hydrogen (secondary N) is 2. The second-order valence-corrected chi connectivity index (χ2v) is 11.3. The van der Waals surface area contributed by atoms with E-state index in [0.29, 0.717) is 12.2 Å². The van der Waals surface area contributed by atoms with E-state index in [9.17, 15) is 14.4 Å². The summed E-state index contributed by atoms with van der Waals surface area (Å²) in [7, 11) is 2.22. The van der Waals surface area contributed by atoms with E-state index in [1.165, 1.54) is 52.4 Å². The van der Waals surface area contributed by atoms with Gasteiger partial charge in [0.15, 0.2) is 0 Å². The van der Waals surface area contributed by atoms with Crippen LogP contribution in [-0.4, -0.2) is 53.2 Å².